The Kier molecular flexibility index (Phi) is 15.9. The maximum absolute atomic E-state index is 5.96. The molecule has 107 heavy (non-hydrogen) atoms. The van der Waals surface area contributed by atoms with Gasteiger partial charge in [0.15, 0.2) is 17.5 Å². The molecule has 1 aromatic heterocycles. The molecule has 5 nitrogen and oxygen atoms in total. The second kappa shape index (κ2) is 25.4. The summed E-state index contributed by atoms with van der Waals surface area (Å²) in [4.78, 5) is 22.9. The van der Waals surface area contributed by atoms with Gasteiger partial charge in [0, 0.05) is 61.6 Å². The second-order valence-electron chi connectivity index (χ2n) is 33.8. The highest BCUT2D eigenvalue weighted by molar-refractivity contribution is 7.01. The van der Waals surface area contributed by atoms with E-state index in [-0.39, 0.29) is 28.4 Å². The van der Waals surface area contributed by atoms with Gasteiger partial charge < -0.3 is 9.80 Å². The van der Waals surface area contributed by atoms with Crippen LogP contribution in [0, 0.1) is 0 Å². The first-order chi connectivity index (χ1) is 51.5. The lowest BCUT2D eigenvalue weighted by Gasteiger charge is -2.45. The fourth-order valence-electron chi connectivity index (χ4n) is 16.3. The molecule has 0 saturated heterocycles. The lowest BCUT2D eigenvalue weighted by molar-refractivity contribution is 0.568. The van der Waals surface area contributed by atoms with Crippen LogP contribution < -0.4 is 26.2 Å². The summed E-state index contributed by atoms with van der Waals surface area (Å²) in [5.74, 6) is 1.82. The molecule has 2 aliphatic rings. The first-order valence-electron chi connectivity index (χ1n) is 37.8. The van der Waals surface area contributed by atoms with Crippen LogP contribution in [0.25, 0.3) is 122 Å². The summed E-state index contributed by atoms with van der Waals surface area (Å²) in [6.07, 6.45) is 0. The monoisotopic (exact) mass is 1380 g/mol. The molecule has 0 spiro atoms. The molecule has 18 rings (SSSR count). The highest BCUT2D eigenvalue weighted by atomic mass is 15.2. The molecule has 15 aromatic carbocycles. The van der Waals surface area contributed by atoms with E-state index in [1.807, 2.05) is 0 Å². The van der Waals surface area contributed by atoms with Crippen LogP contribution in [-0.4, -0.2) is 21.7 Å². The molecule has 0 N–H and O–H groups in total. The highest BCUT2D eigenvalue weighted by Crippen LogP contribution is 2.52. The summed E-state index contributed by atoms with van der Waals surface area (Å²) in [5.41, 5.74) is 25.9. The lowest BCUT2D eigenvalue weighted by Crippen LogP contribution is -2.61. The molecule has 2 aliphatic heterocycles. The Morgan fingerprint density at radius 3 is 0.813 bits per heavy atom. The van der Waals surface area contributed by atoms with Gasteiger partial charge in [-0.2, -0.15) is 0 Å². The van der Waals surface area contributed by atoms with Crippen LogP contribution in [0.4, 0.5) is 34.1 Å². The number of rotatable bonds is 9. The average Bonchev–Trinajstić information content (AvgIpc) is 0.683. The van der Waals surface area contributed by atoms with Crippen LogP contribution in [0.1, 0.15) is 105 Å². The zero-order valence-electron chi connectivity index (χ0n) is 63.2. The molecule has 3 heterocycles. The largest absolute Gasteiger partial charge is 0.311 e. The van der Waals surface area contributed by atoms with Gasteiger partial charge in [0.05, 0.1) is 0 Å². The Balaban J connectivity index is 1.04. The zero-order valence-corrected chi connectivity index (χ0v) is 63.2. The maximum atomic E-state index is 5.96. The van der Waals surface area contributed by atoms with Crippen molar-refractivity contribution in [3.63, 3.8) is 0 Å². The highest BCUT2D eigenvalue weighted by Gasteiger charge is 2.46. The predicted octanol–water partition coefficient (Wildman–Crippen LogP) is 25.4. The zero-order chi connectivity index (χ0) is 73.4. The molecule has 0 aliphatic carbocycles. The van der Waals surface area contributed by atoms with Gasteiger partial charge >= 0.3 is 0 Å². The van der Waals surface area contributed by atoms with E-state index >= 15 is 0 Å². The smallest absolute Gasteiger partial charge is 0.252 e. The van der Waals surface area contributed by atoms with Gasteiger partial charge in [0.25, 0.3) is 6.71 Å². The fraction of sp³-hybridized carbons (Fsp3) is 0.158. The molecule has 6 heteroatoms. The van der Waals surface area contributed by atoms with Crippen LogP contribution in [0.15, 0.2) is 303 Å². The molecule has 518 valence electrons. The molecule has 0 unspecified atom stereocenters. The first kappa shape index (κ1) is 66.9. The Bertz CT molecular complexity index is 5680. The van der Waals surface area contributed by atoms with Gasteiger partial charge in [-0.25, -0.2) is 15.0 Å². The molecule has 16 aromatic rings. The molecule has 0 radical (unpaired) electrons. The van der Waals surface area contributed by atoms with Crippen LogP contribution in [-0.2, 0) is 21.7 Å². The van der Waals surface area contributed by atoms with E-state index in [2.05, 4.69) is 396 Å². The van der Waals surface area contributed by atoms with Gasteiger partial charge in [0.2, 0.25) is 0 Å². The Morgan fingerprint density at radius 2 is 0.514 bits per heavy atom. The van der Waals surface area contributed by atoms with Crippen molar-refractivity contribution in [1.29, 1.82) is 0 Å². The minimum atomic E-state index is -0.272. The quantitative estimate of drug-likeness (QED) is 0.106. The summed E-state index contributed by atoms with van der Waals surface area (Å²) >= 11 is 0. The van der Waals surface area contributed by atoms with Gasteiger partial charge in [-0.3, -0.25) is 0 Å². The summed E-state index contributed by atoms with van der Waals surface area (Å²) in [7, 11) is 0. The Morgan fingerprint density at radius 1 is 0.234 bits per heavy atom. The number of nitrogens with zero attached hydrogens (tertiary/aromatic N) is 5. The molecule has 0 saturated carbocycles. The summed E-state index contributed by atoms with van der Waals surface area (Å²) < 4.78 is 0. The van der Waals surface area contributed by atoms with E-state index in [1.54, 1.807) is 0 Å². The van der Waals surface area contributed by atoms with Crippen LogP contribution in [0.3, 0.4) is 0 Å². The molecule has 0 atom stereocenters. The number of aromatic nitrogens is 3. The van der Waals surface area contributed by atoms with Crippen molar-refractivity contribution in [2.75, 3.05) is 9.80 Å². The van der Waals surface area contributed by atoms with E-state index in [0.717, 1.165) is 117 Å². The molecule has 0 amide bonds. The molecule has 0 bridgehead atoms. The van der Waals surface area contributed by atoms with Gasteiger partial charge in [-0.15, -0.1) is 0 Å². The number of fused-ring (bicyclic) bond motifs is 10. The molecular weight excluding hydrogens is 1290 g/mol. The summed E-state index contributed by atoms with van der Waals surface area (Å²) in [6.45, 7) is 27.4. The van der Waals surface area contributed by atoms with Crippen LogP contribution >= 0.6 is 0 Å². The predicted molar refractivity (Wildman–Crippen MR) is 457 cm³/mol. The van der Waals surface area contributed by atoms with Crippen molar-refractivity contribution in [2.45, 2.75) is 105 Å². The van der Waals surface area contributed by atoms with Crippen molar-refractivity contribution in [3.05, 3.63) is 326 Å². The third kappa shape index (κ3) is 12.1. The SMILES string of the molecule is CC(C)(C)c1cc(-c2nc(-c3cc(C(C)(C)C)cc(C(C)(C)C)c3)nc(-c3cc4c5c(c3)N(c3cc(-c6ccccc6)cc(-c6ccccc6)c3)c3c(ccc6cc7ccccc7cc36)B5c3ccc5cc6ccccc6cc5c3N4c3cc(-c4ccccc4)cc(-c4ccccc4)c3)n2)cc(C(C)(C)C)c1. The van der Waals surface area contributed by atoms with Gasteiger partial charge in [-0.1, -0.05) is 289 Å². The van der Waals surface area contributed by atoms with Crippen LogP contribution in [0.5, 0.6) is 0 Å². The van der Waals surface area contributed by atoms with Crippen molar-refractivity contribution in [1.82, 2.24) is 15.0 Å². The van der Waals surface area contributed by atoms with E-state index in [9.17, 15) is 0 Å². The van der Waals surface area contributed by atoms with E-state index in [4.69, 9.17) is 15.0 Å². The number of benzene rings is 15. The fourth-order valence-corrected chi connectivity index (χ4v) is 16.3. The summed E-state index contributed by atoms with van der Waals surface area (Å²) in [6, 6.07) is 114. The van der Waals surface area contributed by atoms with Crippen molar-refractivity contribution in [3.8, 4) is 78.7 Å². The van der Waals surface area contributed by atoms with Crippen LogP contribution in [0.2, 0.25) is 0 Å². The number of anilines is 6. The van der Waals surface area contributed by atoms with E-state index < -0.39 is 0 Å². The van der Waals surface area contributed by atoms with Crippen molar-refractivity contribution in [2.24, 2.45) is 0 Å². The Labute approximate surface area is 630 Å². The third-order valence-corrected chi connectivity index (χ3v) is 22.3. The first-order valence-corrected chi connectivity index (χ1v) is 37.8. The lowest BCUT2D eigenvalue weighted by atomic mass is 9.33. The number of hydrogen-bond donors (Lipinski definition) is 0. The topological polar surface area (TPSA) is 45.2 Å². The molecule has 0 fully saturated rings. The van der Waals surface area contributed by atoms with Crippen molar-refractivity contribution < 1.29 is 0 Å². The van der Waals surface area contributed by atoms with E-state index in [1.165, 1.54) is 60.2 Å². The maximum Gasteiger partial charge on any atom is 0.252 e. The normalized spacial score (nSPS) is 13.0. The third-order valence-electron chi connectivity index (χ3n) is 22.3. The second-order valence-corrected chi connectivity index (χ2v) is 33.8. The summed E-state index contributed by atoms with van der Waals surface area (Å²) in [5, 5.41) is 9.40. The van der Waals surface area contributed by atoms with Gasteiger partial charge in [-0.05, 0) is 234 Å². The Hall–Kier alpha value is -12.0. The minimum Gasteiger partial charge on any atom is -0.311 e. The van der Waals surface area contributed by atoms with Gasteiger partial charge in [0.1, 0.15) is 0 Å². The standard InChI is InChI=1S/C101H86BN5/c1-98(2,3)80-49-77(50-81(61-80)99(4,5)6)95-103-96(78-51-82(100(7,8)9)62-83(52-78)101(10,11)12)105-97(104-95)79-59-90-92-91(60-79)107(85-55-75(65-33-21-15-22-34-65)48-76(56-85)66-35-23-16-24-36-66)94-87-58-70-40-28-26-38-68(70)46-72(87)42-44-89(94)102(92)88-43-41-71-45-67-37-25-27-39-69(67)57-86(71)93(88)106(90)84-53-73(63-29-17-13-18-30-63)47-74(54-84)64-31-19-14-20-32-64/h13-62H,1-12H3. The van der Waals surface area contributed by atoms with E-state index in [0.29, 0.717) is 17.5 Å². The average molecular weight is 1380 g/mol. The molecular formula is C101H86BN5. The minimum absolute atomic E-state index is 0.183. The van der Waals surface area contributed by atoms with Crippen molar-refractivity contribution >= 4 is 100 Å². The number of hydrogen-bond acceptors (Lipinski definition) is 5.